The summed E-state index contributed by atoms with van der Waals surface area (Å²) in [5.74, 6) is 1.08. The molecule has 29 heavy (non-hydrogen) atoms. The molecule has 2 aliphatic rings. The van der Waals surface area contributed by atoms with E-state index in [1.54, 1.807) is 4.90 Å². The lowest BCUT2D eigenvalue weighted by Gasteiger charge is -2.32. The number of rotatable bonds is 5. The van der Waals surface area contributed by atoms with E-state index in [0.717, 1.165) is 43.7 Å². The molecule has 4 rings (SSSR count). The molecule has 2 aromatic rings. The second kappa shape index (κ2) is 8.68. The summed E-state index contributed by atoms with van der Waals surface area (Å²) in [5, 5.41) is 0. The Bertz CT molecular complexity index is 887. The second-order valence-electron chi connectivity index (χ2n) is 7.81. The maximum absolute atomic E-state index is 13.0. The molecule has 152 valence electrons. The van der Waals surface area contributed by atoms with Gasteiger partial charge in [-0.05, 0) is 48.7 Å². The maximum atomic E-state index is 13.0. The van der Waals surface area contributed by atoms with E-state index in [-0.39, 0.29) is 17.9 Å². The van der Waals surface area contributed by atoms with Crippen molar-refractivity contribution in [1.82, 2.24) is 4.90 Å². The Morgan fingerprint density at radius 2 is 1.86 bits per heavy atom. The molecule has 0 spiro atoms. The highest BCUT2D eigenvalue weighted by Gasteiger charge is 2.26. The molecular weight excluding hydrogens is 364 g/mol. The molecule has 0 radical (unpaired) electrons. The standard InChI is InChI=1S/C24H28N2O3/c1-2-18-6-3-9-22(16-18)29-21-11-14-25(15-12-21)24(28)19-7-4-8-20(17-19)26-13-5-10-23(26)27/h3-4,6-9,16-17,21H,2,5,10-15H2,1H3. The Kier molecular flexibility index (Phi) is 5.84. The van der Waals surface area contributed by atoms with Crippen LogP contribution in [0.25, 0.3) is 0 Å². The number of likely N-dealkylation sites (tertiary alicyclic amines) is 1. The molecule has 2 aliphatic heterocycles. The van der Waals surface area contributed by atoms with Gasteiger partial charge < -0.3 is 14.5 Å². The summed E-state index contributed by atoms with van der Waals surface area (Å²) in [6.07, 6.45) is 4.25. The normalized spacial score (nSPS) is 17.6. The van der Waals surface area contributed by atoms with E-state index in [9.17, 15) is 9.59 Å². The molecule has 2 heterocycles. The Balaban J connectivity index is 1.36. The smallest absolute Gasteiger partial charge is 0.253 e. The van der Waals surface area contributed by atoms with E-state index < -0.39 is 0 Å². The molecule has 0 bridgehead atoms. The lowest BCUT2D eigenvalue weighted by Crippen LogP contribution is -2.41. The summed E-state index contributed by atoms with van der Waals surface area (Å²) < 4.78 is 6.15. The van der Waals surface area contributed by atoms with E-state index in [1.165, 1.54) is 5.56 Å². The summed E-state index contributed by atoms with van der Waals surface area (Å²) in [6, 6.07) is 15.7. The van der Waals surface area contributed by atoms with Gasteiger partial charge in [-0.1, -0.05) is 25.1 Å². The zero-order valence-corrected chi connectivity index (χ0v) is 17.0. The minimum absolute atomic E-state index is 0.0323. The lowest BCUT2D eigenvalue weighted by molar-refractivity contribution is -0.117. The number of ether oxygens (including phenoxy) is 1. The van der Waals surface area contributed by atoms with Crippen molar-refractivity contribution in [3.05, 3.63) is 59.7 Å². The van der Waals surface area contributed by atoms with Crippen LogP contribution in [0.3, 0.4) is 0 Å². The van der Waals surface area contributed by atoms with Gasteiger partial charge in [0, 0.05) is 50.1 Å². The van der Waals surface area contributed by atoms with Crippen LogP contribution < -0.4 is 9.64 Å². The molecule has 2 fully saturated rings. The predicted molar refractivity (Wildman–Crippen MR) is 113 cm³/mol. The minimum Gasteiger partial charge on any atom is -0.490 e. The van der Waals surface area contributed by atoms with Crippen molar-refractivity contribution in [2.45, 2.75) is 45.1 Å². The summed E-state index contributed by atoms with van der Waals surface area (Å²) in [5.41, 5.74) is 2.75. The second-order valence-corrected chi connectivity index (χ2v) is 7.81. The van der Waals surface area contributed by atoms with Crippen LogP contribution in [0.1, 0.15) is 48.5 Å². The van der Waals surface area contributed by atoms with Crippen LogP contribution in [-0.4, -0.2) is 42.5 Å². The Morgan fingerprint density at radius 1 is 1.07 bits per heavy atom. The van der Waals surface area contributed by atoms with Gasteiger partial charge in [-0.15, -0.1) is 0 Å². The first-order valence-corrected chi connectivity index (χ1v) is 10.6. The summed E-state index contributed by atoms with van der Waals surface area (Å²) in [6.45, 7) is 4.24. The molecular formula is C24H28N2O3. The first-order valence-electron chi connectivity index (χ1n) is 10.6. The van der Waals surface area contributed by atoms with Crippen LogP contribution in [0.5, 0.6) is 5.75 Å². The van der Waals surface area contributed by atoms with Crippen LogP contribution >= 0.6 is 0 Å². The van der Waals surface area contributed by atoms with Crippen molar-refractivity contribution in [2.24, 2.45) is 0 Å². The number of piperidine rings is 1. The molecule has 0 aromatic heterocycles. The zero-order valence-electron chi connectivity index (χ0n) is 17.0. The van der Waals surface area contributed by atoms with Gasteiger partial charge in [0.25, 0.3) is 5.91 Å². The average molecular weight is 392 g/mol. The number of nitrogens with zero attached hydrogens (tertiary/aromatic N) is 2. The number of aryl methyl sites for hydroxylation is 1. The van der Waals surface area contributed by atoms with Gasteiger partial charge in [-0.25, -0.2) is 0 Å². The fourth-order valence-corrected chi connectivity index (χ4v) is 4.12. The average Bonchev–Trinajstić information content (AvgIpc) is 3.20. The molecule has 5 heteroatoms. The van der Waals surface area contributed by atoms with Crippen LogP contribution in [0.4, 0.5) is 5.69 Å². The van der Waals surface area contributed by atoms with Gasteiger partial charge >= 0.3 is 0 Å². The van der Waals surface area contributed by atoms with Gasteiger partial charge in [0.05, 0.1) is 0 Å². The molecule has 0 atom stereocenters. The number of carbonyl (C=O) groups excluding carboxylic acids is 2. The van der Waals surface area contributed by atoms with Crippen molar-refractivity contribution >= 4 is 17.5 Å². The highest BCUT2D eigenvalue weighted by Crippen LogP contribution is 2.25. The molecule has 2 amide bonds. The summed E-state index contributed by atoms with van der Waals surface area (Å²) in [7, 11) is 0. The molecule has 0 saturated carbocycles. The van der Waals surface area contributed by atoms with E-state index in [4.69, 9.17) is 4.74 Å². The van der Waals surface area contributed by atoms with Crippen molar-refractivity contribution in [2.75, 3.05) is 24.5 Å². The summed E-state index contributed by atoms with van der Waals surface area (Å²) in [4.78, 5) is 28.7. The third-order valence-electron chi connectivity index (χ3n) is 5.82. The van der Waals surface area contributed by atoms with Crippen molar-refractivity contribution in [3.8, 4) is 5.75 Å². The van der Waals surface area contributed by atoms with Crippen molar-refractivity contribution < 1.29 is 14.3 Å². The van der Waals surface area contributed by atoms with Crippen LogP contribution in [0.15, 0.2) is 48.5 Å². The molecule has 5 nitrogen and oxygen atoms in total. The van der Waals surface area contributed by atoms with E-state index in [0.29, 0.717) is 25.1 Å². The van der Waals surface area contributed by atoms with E-state index in [1.807, 2.05) is 41.3 Å². The number of amides is 2. The van der Waals surface area contributed by atoms with Gasteiger partial charge in [0.15, 0.2) is 0 Å². The first-order chi connectivity index (χ1) is 14.1. The summed E-state index contributed by atoms with van der Waals surface area (Å²) >= 11 is 0. The fraction of sp³-hybridized carbons (Fsp3) is 0.417. The topological polar surface area (TPSA) is 49.9 Å². The Morgan fingerprint density at radius 3 is 2.59 bits per heavy atom. The Hall–Kier alpha value is -2.82. The molecule has 0 aliphatic carbocycles. The fourth-order valence-electron chi connectivity index (χ4n) is 4.12. The number of anilines is 1. The van der Waals surface area contributed by atoms with Crippen molar-refractivity contribution in [1.29, 1.82) is 0 Å². The number of hydrogen-bond donors (Lipinski definition) is 0. The minimum atomic E-state index is 0.0323. The highest BCUT2D eigenvalue weighted by molar-refractivity contribution is 5.99. The van der Waals surface area contributed by atoms with E-state index >= 15 is 0 Å². The van der Waals surface area contributed by atoms with Gasteiger partial charge in [-0.2, -0.15) is 0 Å². The molecule has 2 aromatic carbocycles. The quantitative estimate of drug-likeness (QED) is 0.771. The van der Waals surface area contributed by atoms with Gasteiger partial charge in [-0.3, -0.25) is 9.59 Å². The third-order valence-corrected chi connectivity index (χ3v) is 5.82. The SMILES string of the molecule is CCc1cccc(OC2CCN(C(=O)c3cccc(N4CCCC4=O)c3)CC2)c1. The van der Waals surface area contributed by atoms with Crippen molar-refractivity contribution in [3.63, 3.8) is 0 Å². The monoisotopic (exact) mass is 392 g/mol. The maximum Gasteiger partial charge on any atom is 0.253 e. The predicted octanol–water partition coefficient (Wildman–Crippen LogP) is 4.06. The van der Waals surface area contributed by atoms with Crippen LogP contribution in [-0.2, 0) is 11.2 Å². The first kappa shape index (κ1) is 19.5. The molecule has 0 N–H and O–H groups in total. The number of hydrogen-bond acceptors (Lipinski definition) is 3. The number of benzene rings is 2. The Labute approximate surface area is 172 Å². The van der Waals surface area contributed by atoms with Gasteiger partial charge in [0.2, 0.25) is 5.91 Å². The van der Waals surface area contributed by atoms with Crippen LogP contribution in [0.2, 0.25) is 0 Å². The number of carbonyl (C=O) groups is 2. The zero-order chi connectivity index (χ0) is 20.2. The molecule has 2 saturated heterocycles. The lowest BCUT2D eigenvalue weighted by atomic mass is 10.1. The van der Waals surface area contributed by atoms with E-state index in [2.05, 4.69) is 19.1 Å². The molecule has 0 unspecified atom stereocenters. The third kappa shape index (κ3) is 4.44. The largest absolute Gasteiger partial charge is 0.490 e. The highest BCUT2D eigenvalue weighted by atomic mass is 16.5. The van der Waals surface area contributed by atoms with Gasteiger partial charge in [0.1, 0.15) is 11.9 Å². The van der Waals surface area contributed by atoms with Crippen LogP contribution in [0, 0.1) is 0 Å².